The third-order valence-electron chi connectivity index (χ3n) is 2.34. The van der Waals surface area contributed by atoms with Crippen LogP contribution in [0.25, 0.3) is 11.3 Å². The second kappa shape index (κ2) is 5.33. The summed E-state index contributed by atoms with van der Waals surface area (Å²) in [7, 11) is 0. The van der Waals surface area contributed by atoms with E-state index in [1.807, 2.05) is 0 Å². The molecule has 1 heterocycles. The Morgan fingerprint density at radius 2 is 1.74 bits per heavy atom. The molecule has 3 nitrogen and oxygen atoms in total. The van der Waals surface area contributed by atoms with Crippen molar-refractivity contribution in [2.75, 3.05) is 0 Å². The maximum Gasteiger partial charge on any atom is 0.340 e. The molecule has 2 aromatic rings. The van der Waals surface area contributed by atoms with Crippen LogP contribution in [0.3, 0.4) is 0 Å². The number of aromatic carboxylic acids is 1. The molecule has 2 rings (SSSR count). The number of carboxylic acids is 1. The smallest absolute Gasteiger partial charge is 0.340 e. The molecule has 1 aromatic carbocycles. The highest BCUT2D eigenvalue weighted by Gasteiger charge is 2.16. The van der Waals surface area contributed by atoms with Crippen molar-refractivity contribution in [1.29, 1.82) is 0 Å². The highest BCUT2D eigenvalue weighted by Crippen LogP contribution is 2.36. The first-order chi connectivity index (χ1) is 8.90. The molecule has 0 fully saturated rings. The van der Waals surface area contributed by atoms with Crippen LogP contribution in [-0.4, -0.2) is 16.1 Å². The second-order valence-corrected chi connectivity index (χ2v) is 4.84. The molecule has 0 saturated heterocycles. The SMILES string of the molecule is O=C(O)c1ccc(-c2c(Cl)cc(Cl)cc2Cl)nc1F. The molecule has 0 aliphatic heterocycles. The van der Waals surface area contributed by atoms with Crippen LogP contribution in [-0.2, 0) is 0 Å². The van der Waals surface area contributed by atoms with Crippen LogP contribution in [0.15, 0.2) is 24.3 Å². The molecule has 98 valence electrons. The molecule has 7 heteroatoms. The van der Waals surface area contributed by atoms with Gasteiger partial charge >= 0.3 is 5.97 Å². The largest absolute Gasteiger partial charge is 0.478 e. The fourth-order valence-corrected chi connectivity index (χ4v) is 2.53. The lowest BCUT2D eigenvalue weighted by atomic mass is 10.1. The molecular formula is C12H5Cl3FNO2. The summed E-state index contributed by atoms with van der Waals surface area (Å²) in [6.07, 6.45) is 0. The van der Waals surface area contributed by atoms with Gasteiger partial charge in [0.05, 0.1) is 15.7 Å². The van der Waals surface area contributed by atoms with Gasteiger partial charge < -0.3 is 5.11 Å². The number of carboxylic acid groups (broad SMARTS) is 1. The number of carbonyl (C=O) groups is 1. The molecule has 0 saturated carbocycles. The number of rotatable bonds is 2. The Labute approximate surface area is 122 Å². The van der Waals surface area contributed by atoms with Crippen LogP contribution >= 0.6 is 34.8 Å². The van der Waals surface area contributed by atoms with E-state index in [0.29, 0.717) is 10.6 Å². The zero-order valence-electron chi connectivity index (χ0n) is 9.12. The molecule has 0 amide bonds. The van der Waals surface area contributed by atoms with Gasteiger partial charge in [0.15, 0.2) is 0 Å². The quantitative estimate of drug-likeness (QED) is 0.826. The lowest BCUT2D eigenvalue weighted by Crippen LogP contribution is -2.03. The van der Waals surface area contributed by atoms with Gasteiger partial charge in [0, 0.05) is 10.6 Å². The van der Waals surface area contributed by atoms with Crippen molar-refractivity contribution in [3.8, 4) is 11.3 Å². The first kappa shape index (κ1) is 14.1. The van der Waals surface area contributed by atoms with Crippen molar-refractivity contribution in [2.45, 2.75) is 0 Å². The Kier molecular flexibility index (Phi) is 3.94. The standard InChI is InChI=1S/C12H5Cl3FNO2/c13-5-3-7(14)10(8(15)4-5)9-2-1-6(12(18)19)11(16)17-9/h1-4H,(H,18,19). The normalized spacial score (nSPS) is 10.5. The van der Waals surface area contributed by atoms with Gasteiger partial charge in [0.2, 0.25) is 5.95 Å². The van der Waals surface area contributed by atoms with E-state index < -0.39 is 17.5 Å². The Morgan fingerprint density at radius 1 is 1.16 bits per heavy atom. The first-order valence-electron chi connectivity index (χ1n) is 4.95. The van der Waals surface area contributed by atoms with Gasteiger partial charge in [-0.3, -0.25) is 0 Å². The fourth-order valence-electron chi connectivity index (χ4n) is 1.52. The zero-order chi connectivity index (χ0) is 14.2. The van der Waals surface area contributed by atoms with Gasteiger partial charge in [-0.2, -0.15) is 4.39 Å². The summed E-state index contributed by atoms with van der Waals surface area (Å²) in [6, 6.07) is 5.30. The van der Waals surface area contributed by atoms with Gasteiger partial charge in [-0.25, -0.2) is 9.78 Å². The minimum Gasteiger partial charge on any atom is -0.478 e. The number of aromatic nitrogens is 1. The van der Waals surface area contributed by atoms with Crippen LogP contribution in [0, 0.1) is 5.95 Å². The highest BCUT2D eigenvalue weighted by molar-refractivity contribution is 6.41. The zero-order valence-corrected chi connectivity index (χ0v) is 11.4. The van der Waals surface area contributed by atoms with Crippen LogP contribution in [0.1, 0.15) is 10.4 Å². The maximum absolute atomic E-state index is 13.5. The Balaban J connectivity index is 2.61. The third kappa shape index (κ3) is 2.81. The van der Waals surface area contributed by atoms with Crippen LogP contribution in [0.2, 0.25) is 15.1 Å². The van der Waals surface area contributed by atoms with E-state index in [1.165, 1.54) is 18.2 Å². The highest BCUT2D eigenvalue weighted by atomic mass is 35.5. The molecule has 0 aliphatic carbocycles. The molecule has 0 aliphatic rings. The van der Waals surface area contributed by atoms with Gasteiger partial charge in [-0.05, 0) is 24.3 Å². The van der Waals surface area contributed by atoms with Gasteiger partial charge in [-0.15, -0.1) is 0 Å². The Bertz CT molecular complexity index is 653. The summed E-state index contributed by atoms with van der Waals surface area (Å²) in [5.41, 5.74) is -0.0947. The molecule has 0 radical (unpaired) electrons. The van der Waals surface area contributed by atoms with E-state index in [1.54, 1.807) is 0 Å². The second-order valence-electron chi connectivity index (χ2n) is 3.58. The van der Waals surface area contributed by atoms with Gasteiger partial charge in [0.25, 0.3) is 0 Å². The topological polar surface area (TPSA) is 50.2 Å². The molecule has 0 bridgehead atoms. The summed E-state index contributed by atoms with van der Waals surface area (Å²) >= 11 is 17.7. The number of benzene rings is 1. The van der Waals surface area contributed by atoms with E-state index in [2.05, 4.69) is 4.98 Å². The van der Waals surface area contributed by atoms with Crippen molar-refractivity contribution in [3.05, 3.63) is 50.8 Å². The van der Waals surface area contributed by atoms with Crippen LogP contribution < -0.4 is 0 Å². The molecule has 19 heavy (non-hydrogen) atoms. The van der Waals surface area contributed by atoms with Crippen molar-refractivity contribution >= 4 is 40.8 Å². The third-order valence-corrected chi connectivity index (χ3v) is 3.16. The predicted octanol–water partition coefficient (Wildman–Crippen LogP) is 4.55. The number of nitrogens with zero attached hydrogens (tertiary/aromatic N) is 1. The predicted molar refractivity (Wildman–Crippen MR) is 71.6 cm³/mol. The minimum absolute atomic E-state index is 0.133. The summed E-state index contributed by atoms with van der Waals surface area (Å²) in [4.78, 5) is 14.3. The average molecular weight is 321 g/mol. The van der Waals surface area contributed by atoms with E-state index in [4.69, 9.17) is 39.9 Å². The van der Waals surface area contributed by atoms with E-state index in [0.717, 1.165) is 6.07 Å². The number of pyridine rings is 1. The van der Waals surface area contributed by atoms with E-state index in [9.17, 15) is 9.18 Å². The van der Waals surface area contributed by atoms with Crippen molar-refractivity contribution in [3.63, 3.8) is 0 Å². The van der Waals surface area contributed by atoms with Crippen LogP contribution in [0.5, 0.6) is 0 Å². The maximum atomic E-state index is 13.5. The van der Waals surface area contributed by atoms with E-state index in [-0.39, 0.29) is 15.7 Å². The molecule has 1 N–H and O–H groups in total. The summed E-state index contributed by atoms with van der Waals surface area (Å²) in [5, 5.41) is 9.46. The summed E-state index contributed by atoms with van der Waals surface area (Å²) < 4.78 is 13.5. The lowest BCUT2D eigenvalue weighted by molar-refractivity contribution is 0.0691. The summed E-state index contributed by atoms with van der Waals surface area (Å²) in [5.74, 6) is -2.50. The van der Waals surface area contributed by atoms with Crippen molar-refractivity contribution in [2.24, 2.45) is 0 Å². The molecule has 0 atom stereocenters. The molecule has 0 unspecified atom stereocenters. The monoisotopic (exact) mass is 319 g/mol. The average Bonchev–Trinajstić information content (AvgIpc) is 2.26. The first-order valence-corrected chi connectivity index (χ1v) is 6.08. The number of hydrogen-bond donors (Lipinski definition) is 1. The fraction of sp³-hybridized carbons (Fsp3) is 0. The van der Waals surface area contributed by atoms with Gasteiger partial charge in [0.1, 0.15) is 5.56 Å². The van der Waals surface area contributed by atoms with Crippen molar-refractivity contribution < 1.29 is 14.3 Å². The lowest BCUT2D eigenvalue weighted by Gasteiger charge is -2.08. The minimum atomic E-state index is -1.40. The Morgan fingerprint density at radius 3 is 2.21 bits per heavy atom. The molecule has 0 spiro atoms. The van der Waals surface area contributed by atoms with Crippen molar-refractivity contribution in [1.82, 2.24) is 4.98 Å². The molecular weight excluding hydrogens is 315 g/mol. The van der Waals surface area contributed by atoms with Gasteiger partial charge in [-0.1, -0.05) is 34.8 Å². The van der Waals surface area contributed by atoms with Crippen LogP contribution in [0.4, 0.5) is 4.39 Å². The number of hydrogen-bond acceptors (Lipinski definition) is 2. The number of halogens is 4. The summed E-state index contributed by atoms with van der Waals surface area (Å²) in [6.45, 7) is 0. The molecule has 1 aromatic heterocycles. The van der Waals surface area contributed by atoms with E-state index >= 15 is 0 Å². The Hall–Kier alpha value is -1.36.